The van der Waals surface area contributed by atoms with Gasteiger partial charge in [-0.1, -0.05) is 167 Å². The van der Waals surface area contributed by atoms with E-state index in [4.69, 9.17) is 0 Å². The van der Waals surface area contributed by atoms with E-state index in [1.165, 1.54) is 121 Å². The highest BCUT2D eigenvalue weighted by molar-refractivity contribution is 8.93. The molecule has 0 bridgehead atoms. The molecule has 0 atom stereocenters. The Kier molecular flexibility index (Phi) is 24.2. The van der Waals surface area contributed by atoms with Gasteiger partial charge in [0.05, 0.1) is 20.6 Å². The van der Waals surface area contributed by atoms with E-state index >= 15 is 0 Å². The number of rotatable bonds is 26. The monoisotopic (exact) mass is 622 g/mol. The summed E-state index contributed by atoms with van der Waals surface area (Å²) >= 11 is 0. The van der Waals surface area contributed by atoms with Crippen molar-refractivity contribution in [2.75, 3.05) is 27.2 Å². The van der Waals surface area contributed by atoms with Crippen LogP contribution in [-0.2, 0) is 6.54 Å². The summed E-state index contributed by atoms with van der Waals surface area (Å²) < 4.78 is 0.903. The highest BCUT2D eigenvalue weighted by Gasteiger charge is 2.28. The van der Waals surface area contributed by atoms with Gasteiger partial charge in [0.1, 0.15) is 6.54 Å². The molecule has 0 aliphatic rings. The third kappa shape index (κ3) is 23.8. The molecule has 1 aromatic rings. The van der Waals surface area contributed by atoms with Gasteiger partial charge >= 0.3 is 0 Å². The molecule has 0 fully saturated rings. The summed E-state index contributed by atoms with van der Waals surface area (Å²) in [6, 6.07) is 10.7. The third-order valence-corrected chi connectivity index (χ3v) is 7.99. The Balaban J connectivity index is 0.0000152. The lowest BCUT2D eigenvalue weighted by molar-refractivity contribution is -0.909. The molecule has 1 rings (SSSR count). The molecule has 0 heterocycles. The van der Waals surface area contributed by atoms with Crippen LogP contribution in [-0.4, -0.2) is 37.6 Å². The molecule has 0 saturated heterocycles. The van der Waals surface area contributed by atoms with E-state index in [2.05, 4.69) is 70.2 Å². The van der Waals surface area contributed by atoms with Crippen molar-refractivity contribution in [3.63, 3.8) is 0 Å². The first-order valence-electron chi connectivity index (χ1n) is 16.8. The van der Waals surface area contributed by atoms with Crippen molar-refractivity contribution in [1.82, 2.24) is 0 Å². The van der Waals surface area contributed by atoms with E-state index in [1.807, 2.05) is 0 Å². The van der Waals surface area contributed by atoms with Gasteiger partial charge < -0.3 is 14.6 Å². The molecule has 0 spiro atoms. The van der Waals surface area contributed by atoms with Gasteiger partial charge in [0.2, 0.25) is 0 Å². The summed E-state index contributed by atoms with van der Waals surface area (Å²) in [6.07, 6.45) is 26.8. The Bertz CT molecular complexity index is 717. The standard InChI is InChI=1S/C36H66N2O.BrH/c1-6-7-8-9-10-11-12-13-14-15-16-17-18-19-20-21-22-23-27-30-35(39)37-32-36(2,3)33-38(4,5)31-34-28-25-24-26-29-34;/h24-26,28-29H,6-23,27,30-33H2,1-5H3;1H. The maximum atomic E-state index is 12.4. The molecular weight excluding hydrogens is 556 g/mol. The van der Waals surface area contributed by atoms with E-state index in [-0.39, 0.29) is 28.3 Å². The molecule has 0 aromatic heterocycles. The Morgan fingerprint density at radius 3 is 1.50 bits per heavy atom. The van der Waals surface area contributed by atoms with Gasteiger partial charge in [0.25, 0.3) is 0 Å². The number of benzene rings is 1. The summed E-state index contributed by atoms with van der Waals surface area (Å²) in [4.78, 5) is 4.46. The number of aliphatic imine (C=N–C) groups is 1. The quantitative estimate of drug-likeness (QED) is 0.0438. The van der Waals surface area contributed by atoms with Crippen LogP contribution in [0.25, 0.3) is 0 Å². The fraction of sp³-hybridized carbons (Fsp3) is 0.806. The van der Waals surface area contributed by atoms with Crippen LogP contribution in [0.2, 0.25) is 0 Å². The predicted molar refractivity (Wildman–Crippen MR) is 182 cm³/mol. The highest BCUT2D eigenvalue weighted by atomic mass is 79.9. The summed E-state index contributed by atoms with van der Waals surface area (Å²) in [5.74, 6) is 0.100. The van der Waals surface area contributed by atoms with Crippen molar-refractivity contribution in [3.05, 3.63) is 35.9 Å². The Morgan fingerprint density at radius 1 is 0.675 bits per heavy atom. The molecule has 0 radical (unpaired) electrons. The number of hydrogen-bond acceptors (Lipinski definition) is 2. The van der Waals surface area contributed by atoms with Gasteiger partial charge in [-0.05, 0) is 18.7 Å². The average Bonchev–Trinajstić information content (AvgIpc) is 2.88. The second-order valence-electron chi connectivity index (χ2n) is 13.7. The summed E-state index contributed by atoms with van der Waals surface area (Å²) in [5.41, 5.74) is 1.37. The van der Waals surface area contributed by atoms with Crippen LogP contribution in [0, 0.1) is 5.41 Å². The fourth-order valence-electron chi connectivity index (χ4n) is 6.08. The van der Waals surface area contributed by atoms with E-state index in [0.29, 0.717) is 13.0 Å². The summed E-state index contributed by atoms with van der Waals surface area (Å²) in [7, 11) is 4.55. The lowest BCUT2D eigenvalue weighted by Crippen LogP contribution is -2.46. The molecule has 4 heteroatoms. The maximum Gasteiger partial charge on any atom is 0.104 e. The molecule has 0 amide bonds. The van der Waals surface area contributed by atoms with E-state index in [9.17, 15) is 5.11 Å². The van der Waals surface area contributed by atoms with Crippen LogP contribution >= 0.6 is 17.0 Å². The van der Waals surface area contributed by atoms with Crippen molar-refractivity contribution >= 4 is 22.9 Å². The second-order valence-corrected chi connectivity index (χ2v) is 13.7. The third-order valence-electron chi connectivity index (χ3n) is 7.99. The normalized spacial score (nSPS) is 12.5. The van der Waals surface area contributed by atoms with Crippen molar-refractivity contribution < 1.29 is 9.59 Å². The first-order valence-corrected chi connectivity index (χ1v) is 16.8. The Morgan fingerprint density at radius 2 is 1.07 bits per heavy atom. The van der Waals surface area contributed by atoms with Gasteiger partial charge in [-0.15, -0.1) is 17.0 Å². The Labute approximate surface area is 261 Å². The smallest absolute Gasteiger partial charge is 0.104 e. The minimum absolute atomic E-state index is 0. The van der Waals surface area contributed by atoms with Crippen LogP contribution < -0.4 is 5.11 Å². The van der Waals surface area contributed by atoms with Crippen LogP contribution in [0.4, 0.5) is 0 Å². The molecule has 234 valence electrons. The fourth-order valence-corrected chi connectivity index (χ4v) is 6.08. The largest absolute Gasteiger partial charge is 0.862 e. The van der Waals surface area contributed by atoms with Gasteiger partial charge in [-0.25, -0.2) is 0 Å². The van der Waals surface area contributed by atoms with Crippen molar-refractivity contribution in [3.8, 4) is 0 Å². The lowest BCUT2D eigenvalue weighted by atomic mass is 9.92. The molecule has 0 saturated carbocycles. The molecule has 0 aliphatic carbocycles. The highest BCUT2D eigenvalue weighted by Crippen LogP contribution is 2.22. The zero-order chi connectivity index (χ0) is 28.7. The summed E-state index contributed by atoms with van der Waals surface area (Å²) in [6.45, 7) is 9.40. The van der Waals surface area contributed by atoms with Crippen molar-refractivity contribution in [1.29, 1.82) is 0 Å². The van der Waals surface area contributed by atoms with Crippen LogP contribution in [0.3, 0.4) is 0 Å². The molecule has 0 N–H and O–H groups in total. The first kappa shape index (κ1) is 39.1. The van der Waals surface area contributed by atoms with E-state index in [1.54, 1.807) is 0 Å². The number of halogens is 1. The number of quaternary nitrogens is 1. The van der Waals surface area contributed by atoms with Gasteiger partial charge in [-0.2, -0.15) is 0 Å². The maximum absolute atomic E-state index is 12.4. The Hall–Kier alpha value is -0.870. The van der Waals surface area contributed by atoms with Gasteiger partial charge in [0.15, 0.2) is 0 Å². The average molecular weight is 624 g/mol. The van der Waals surface area contributed by atoms with E-state index in [0.717, 1.165) is 24.0 Å². The SMILES string of the molecule is Br.CCCCCCCCCCCCCCCCCCCCCC([O-])=NCC(C)(C)C[N+](C)(C)Cc1ccccc1. The van der Waals surface area contributed by atoms with Crippen molar-refractivity contribution in [2.45, 2.75) is 156 Å². The van der Waals surface area contributed by atoms with Crippen LogP contribution in [0.15, 0.2) is 35.3 Å². The topological polar surface area (TPSA) is 35.4 Å². The molecule has 0 aliphatic heterocycles. The first-order chi connectivity index (χ1) is 18.7. The minimum Gasteiger partial charge on any atom is -0.862 e. The van der Waals surface area contributed by atoms with Gasteiger partial charge in [-0.3, -0.25) is 0 Å². The molecule has 3 nitrogen and oxygen atoms in total. The van der Waals surface area contributed by atoms with Crippen LogP contribution in [0.1, 0.15) is 155 Å². The number of hydrogen-bond donors (Lipinski definition) is 0. The molecule has 40 heavy (non-hydrogen) atoms. The minimum atomic E-state index is 0. The zero-order valence-corrected chi connectivity index (χ0v) is 29.1. The molecule has 0 unspecified atom stereocenters. The second kappa shape index (κ2) is 24.7. The van der Waals surface area contributed by atoms with Gasteiger partial charge in [0, 0.05) is 17.5 Å². The predicted octanol–water partition coefficient (Wildman–Crippen LogP) is 10.4. The van der Waals surface area contributed by atoms with Crippen LogP contribution in [0.5, 0.6) is 0 Å². The zero-order valence-electron chi connectivity index (χ0n) is 27.4. The summed E-state index contributed by atoms with van der Waals surface area (Å²) in [5, 5.41) is 12.4. The molecule has 1 aromatic carbocycles. The van der Waals surface area contributed by atoms with E-state index < -0.39 is 0 Å². The number of nitrogens with zero attached hydrogens (tertiary/aromatic N) is 2. The van der Waals surface area contributed by atoms with Crippen molar-refractivity contribution in [2.24, 2.45) is 10.4 Å². The molecular formula is C36H67BrN2O. The lowest BCUT2D eigenvalue weighted by Gasteiger charge is -2.37. The number of unbranched alkanes of at least 4 members (excludes halogenated alkanes) is 18.